The van der Waals surface area contributed by atoms with E-state index in [0.29, 0.717) is 13.2 Å². The molecule has 2 aromatic rings. The lowest BCUT2D eigenvalue weighted by molar-refractivity contribution is -0.127. The van der Waals surface area contributed by atoms with Crippen molar-refractivity contribution in [1.29, 1.82) is 0 Å². The lowest BCUT2D eigenvalue weighted by Gasteiger charge is -2.18. The predicted molar refractivity (Wildman–Crippen MR) is 85.5 cm³/mol. The smallest absolute Gasteiger partial charge is 0.226 e. The van der Waals surface area contributed by atoms with Gasteiger partial charge in [0.1, 0.15) is 11.9 Å². The van der Waals surface area contributed by atoms with Crippen LogP contribution in [0, 0.1) is 12.8 Å². The summed E-state index contributed by atoms with van der Waals surface area (Å²) >= 11 is 0. The number of nitrogens with one attached hydrogen (secondary N) is 1. The average molecular weight is 314 g/mol. The Morgan fingerprint density at radius 1 is 1.43 bits per heavy atom. The highest BCUT2D eigenvalue weighted by molar-refractivity contribution is 5.79. The fourth-order valence-electron chi connectivity index (χ4n) is 2.88. The van der Waals surface area contributed by atoms with E-state index in [9.17, 15) is 4.79 Å². The maximum Gasteiger partial charge on any atom is 0.226 e. The van der Waals surface area contributed by atoms with Crippen molar-refractivity contribution in [3.8, 4) is 0 Å². The molecule has 1 N–H and O–H groups in total. The Kier molecular flexibility index (Phi) is 4.71. The fourth-order valence-corrected chi connectivity index (χ4v) is 2.88. The van der Waals surface area contributed by atoms with Gasteiger partial charge in [-0.3, -0.25) is 9.78 Å². The van der Waals surface area contributed by atoms with Crippen molar-refractivity contribution in [2.75, 3.05) is 6.61 Å². The van der Waals surface area contributed by atoms with E-state index in [1.165, 1.54) is 0 Å². The summed E-state index contributed by atoms with van der Waals surface area (Å²) < 4.78 is 7.81. The zero-order valence-corrected chi connectivity index (χ0v) is 13.5. The first kappa shape index (κ1) is 15.7. The molecule has 0 aliphatic carbocycles. The van der Waals surface area contributed by atoms with E-state index in [4.69, 9.17) is 4.74 Å². The maximum absolute atomic E-state index is 12.5. The molecule has 0 radical (unpaired) electrons. The molecule has 1 fully saturated rings. The lowest BCUT2D eigenvalue weighted by atomic mass is 9.99. The molecule has 0 saturated carbocycles. The van der Waals surface area contributed by atoms with Crippen LogP contribution >= 0.6 is 0 Å². The summed E-state index contributed by atoms with van der Waals surface area (Å²) in [6.07, 6.45) is 5.93. The second-order valence-electron chi connectivity index (χ2n) is 5.78. The standard InChI is InChI=1S/C17H22N4O2/c1-3-21-8-7-18-16(21)15-14(6-9-23-15)17(22)20-11-13-5-4-12(2)19-10-13/h4-5,7-8,10,14-15H,3,6,9,11H2,1-2H3,(H,20,22)/t14-,15-/m1/s1. The topological polar surface area (TPSA) is 69.0 Å². The number of amides is 1. The lowest BCUT2D eigenvalue weighted by Crippen LogP contribution is -2.32. The number of imidazole rings is 1. The number of rotatable bonds is 5. The Hall–Kier alpha value is -2.21. The summed E-state index contributed by atoms with van der Waals surface area (Å²) in [4.78, 5) is 21.2. The summed E-state index contributed by atoms with van der Waals surface area (Å²) in [5, 5.41) is 2.99. The van der Waals surface area contributed by atoms with E-state index in [1.54, 1.807) is 12.4 Å². The molecule has 3 heterocycles. The third-order valence-corrected chi connectivity index (χ3v) is 4.21. The molecule has 122 valence electrons. The van der Waals surface area contributed by atoms with E-state index >= 15 is 0 Å². The number of carbonyl (C=O) groups is 1. The number of hydrogen-bond acceptors (Lipinski definition) is 4. The minimum absolute atomic E-state index is 0.0127. The second-order valence-corrected chi connectivity index (χ2v) is 5.78. The fraction of sp³-hybridized carbons (Fsp3) is 0.471. The van der Waals surface area contributed by atoms with Gasteiger partial charge in [0.15, 0.2) is 0 Å². The highest BCUT2D eigenvalue weighted by atomic mass is 16.5. The molecule has 2 aromatic heterocycles. The molecule has 2 atom stereocenters. The molecule has 0 aromatic carbocycles. The summed E-state index contributed by atoms with van der Waals surface area (Å²) in [5.41, 5.74) is 1.96. The van der Waals surface area contributed by atoms with Crippen LogP contribution in [0.1, 0.15) is 36.5 Å². The number of aryl methyl sites for hydroxylation is 2. The van der Waals surface area contributed by atoms with Gasteiger partial charge in [-0.2, -0.15) is 0 Å². The van der Waals surface area contributed by atoms with Gasteiger partial charge in [0, 0.05) is 44.0 Å². The molecule has 0 bridgehead atoms. The Morgan fingerprint density at radius 2 is 2.30 bits per heavy atom. The van der Waals surface area contributed by atoms with Crippen molar-refractivity contribution in [3.05, 3.63) is 47.8 Å². The van der Waals surface area contributed by atoms with Gasteiger partial charge in [0.25, 0.3) is 0 Å². The summed E-state index contributed by atoms with van der Waals surface area (Å²) in [5.74, 6) is 0.655. The number of carbonyl (C=O) groups excluding carboxylic acids is 1. The number of hydrogen-bond donors (Lipinski definition) is 1. The normalized spacial score (nSPS) is 20.6. The van der Waals surface area contributed by atoms with E-state index in [0.717, 1.165) is 30.0 Å². The molecular formula is C17H22N4O2. The monoisotopic (exact) mass is 314 g/mol. The van der Waals surface area contributed by atoms with Crippen LogP contribution in [-0.2, 0) is 22.6 Å². The third kappa shape index (κ3) is 3.42. The predicted octanol–water partition coefficient (Wildman–Crippen LogP) is 2.00. The zero-order chi connectivity index (χ0) is 16.2. The first-order chi connectivity index (χ1) is 11.2. The minimum Gasteiger partial charge on any atom is -0.369 e. The molecule has 6 heteroatoms. The van der Waals surface area contributed by atoms with E-state index in [2.05, 4.69) is 22.2 Å². The summed E-state index contributed by atoms with van der Waals surface area (Å²) in [6.45, 7) is 5.89. The van der Waals surface area contributed by atoms with Gasteiger partial charge < -0.3 is 14.6 Å². The van der Waals surface area contributed by atoms with Gasteiger partial charge in [-0.1, -0.05) is 6.07 Å². The minimum atomic E-state index is -0.263. The Labute approximate surface area is 135 Å². The van der Waals surface area contributed by atoms with E-state index < -0.39 is 0 Å². The van der Waals surface area contributed by atoms with Crippen LogP contribution in [0.2, 0.25) is 0 Å². The number of nitrogens with zero attached hydrogens (tertiary/aromatic N) is 3. The maximum atomic E-state index is 12.5. The number of pyridine rings is 1. The van der Waals surface area contributed by atoms with Crippen molar-refractivity contribution < 1.29 is 9.53 Å². The molecule has 1 aliphatic heterocycles. The summed E-state index contributed by atoms with van der Waals surface area (Å²) in [7, 11) is 0. The van der Waals surface area contributed by atoms with Crippen LogP contribution < -0.4 is 5.32 Å². The molecule has 3 rings (SSSR count). The van der Waals surface area contributed by atoms with Crippen LogP contribution in [0.4, 0.5) is 0 Å². The Bertz CT molecular complexity index is 665. The van der Waals surface area contributed by atoms with Crippen molar-refractivity contribution in [1.82, 2.24) is 19.9 Å². The largest absolute Gasteiger partial charge is 0.369 e. The number of ether oxygens (including phenoxy) is 1. The van der Waals surface area contributed by atoms with Crippen molar-refractivity contribution >= 4 is 5.91 Å². The Morgan fingerprint density at radius 3 is 3.04 bits per heavy atom. The molecular weight excluding hydrogens is 292 g/mol. The van der Waals surface area contributed by atoms with E-state index in [-0.39, 0.29) is 17.9 Å². The average Bonchev–Trinajstić information content (AvgIpc) is 3.22. The molecule has 0 spiro atoms. The molecule has 0 unspecified atom stereocenters. The quantitative estimate of drug-likeness (QED) is 0.916. The van der Waals surface area contributed by atoms with Gasteiger partial charge in [0.05, 0.1) is 5.92 Å². The van der Waals surface area contributed by atoms with Gasteiger partial charge in [-0.25, -0.2) is 4.98 Å². The van der Waals surface area contributed by atoms with Gasteiger partial charge in [-0.15, -0.1) is 0 Å². The Balaban J connectivity index is 1.65. The molecule has 6 nitrogen and oxygen atoms in total. The molecule has 1 aliphatic rings. The zero-order valence-electron chi connectivity index (χ0n) is 13.5. The highest BCUT2D eigenvalue weighted by Crippen LogP contribution is 2.33. The summed E-state index contributed by atoms with van der Waals surface area (Å²) in [6, 6.07) is 3.93. The van der Waals surface area contributed by atoms with Gasteiger partial charge in [0.2, 0.25) is 5.91 Å². The highest BCUT2D eigenvalue weighted by Gasteiger charge is 2.37. The van der Waals surface area contributed by atoms with Crippen molar-refractivity contribution in [2.24, 2.45) is 5.92 Å². The molecule has 1 saturated heterocycles. The molecule has 1 amide bonds. The van der Waals surface area contributed by atoms with Gasteiger partial charge >= 0.3 is 0 Å². The van der Waals surface area contributed by atoms with Crippen LogP contribution in [-0.4, -0.2) is 27.0 Å². The van der Waals surface area contributed by atoms with Crippen LogP contribution in [0.5, 0.6) is 0 Å². The van der Waals surface area contributed by atoms with Crippen LogP contribution in [0.15, 0.2) is 30.7 Å². The first-order valence-corrected chi connectivity index (χ1v) is 8.01. The SMILES string of the molecule is CCn1ccnc1[C@@H]1OCC[C@H]1C(=O)NCc1ccc(C)nc1. The van der Waals surface area contributed by atoms with Gasteiger partial charge in [-0.05, 0) is 31.9 Å². The molecule has 23 heavy (non-hydrogen) atoms. The second kappa shape index (κ2) is 6.91. The third-order valence-electron chi connectivity index (χ3n) is 4.21. The first-order valence-electron chi connectivity index (χ1n) is 8.01. The van der Waals surface area contributed by atoms with Crippen molar-refractivity contribution in [2.45, 2.75) is 39.5 Å². The van der Waals surface area contributed by atoms with E-state index in [1.807, 2.05) is 29.8 Å². The van der Waals surface area contributed by atoms with Crippen LogP contribution in [0.3, 0.4) is 0 Å². The van der Waals surface area contributed by atoms with Crippen LogP contribution in [0.25, 0.3) is 0 Å². The number of aromatic nitrogens is 3. The van der Waals surface area contributed by atoms with Crippen molar-refractivity contribution in [3.63, 3.8) is 0 Å².